The molecule has 0 radical (unpaired) electrons. The molecule has 0 fully saturated rings. The lowest BCUT2D eigenvalue weighted by molar-refractivity contribution is -0.148. The van der Waals surface area contributed by atoms with Crippen molar-refractivity contribution in [2.24, 2.45) is 5.41 Å². The van der Waals surface area contributed by atoms with Crippen LogP contribution in [0.1, 0.15) is 25.8 Å². The molecule has 1 aromatic rings. The molecule has 5 nitrogen and oxygen atoms in total. The van der Waals surface area contributed by atoms with Crippen molar-refractivity contribution in [2.45, 2.75) is 20.3 Å². The minimum absolute atomic E-state index is 0.0962. The fourth-order valence-corrected chi connectivity index (χ4v) is 1.53. The fourth-order valence-electron chi connectivity index (χ4n) is 1.53. The van der Waals surface area contributed by atoms with E-state index in [0.29, 0.717) is 12.1 Å². The number of nitrogens with two attached hydrogens (primary N) is 1. The summed E-state index contributed by atoms with van der Waals surface area (Å²) in [5, 5.41) is 11.7. The van der Waals surface area contributed by atoms with E-state index in [2.05, 4.69) is 5.32 Å². The predicted molar refractivity (Wildman–Crippen MR) is 78.9 cm³/mol. The van der Waals surface area contributed by atoms with Crippen LogP contribution in [-0.2, 0) is 9.59 Å². The van der Waals surface area contributed by atoms with E-state index in [0.717, 1.165) is 5.56 Å². The van der Waals surface area contributed by atoms with Gasteiger partial charge in [0, 0.05) is 18.3 Å². The average molecular weight is 276 g/mol. The molecule has 0 aliphatic heterocycles. The molecule has 1 unspecified atom stereocenters. The van der Waals surface area contributed by atoms with E-state index in [-0.39, 0.29) is 12.5 Å². The normalized spacial score (nSPS) is 13.9. The summed E-state index contributed by atoms with van der Waals surface area (Å²) in [4.78, 5) is 22.8. The highest BCUT2D eigenvalue weighted by Gasteiger charge is 2.31. The minimum atomic E-state index is -0.944. The lowest BCUT2D eigenvalue weighted by atomic mass is 9.88. The fraction of sp³-hybridized carbons (Fsp3) is 0.333. The second-order valence-electron chi connectivity index (χ2n) is 4.94. The molecule has 0 aliphatic carbocycles. The Morgan fingerprint density at radius 2 is 2.15 bits per heavy atom. The average Bonchev–Trinajstić information content (AvgIpc) is 2.42. The first kappa shape index (κ1) is 15.8. The predicted octanol–water partition coefficient (Wildman–Crippen LogP) is 1.90. The Hall–Kier alpha value is -2.30. The second kappa shape index (κ2) is 6.75. The van der Waals surface area contributed by atoms with Crippen LogP contribution in [-0.4, -0.2) is 23.5 Å². The van der Waals surface area contributed by atoms with Crippen LogP contribution in [0.25, 0.3) is 6.08 Å². The Bertz CT molecular complexity index is 526. The number of nitrogens with one attached hydrogen (secondary N) is 1. The van der Waals surface area contributed by atoms with E-state index in [1.807, 2.05) is 6.07 Å². The van der Waals surface area contributed by atoms with Crippen molar-refractivity contribution in [1.82, 2.24) is 5.32 Å². The molecule has 0 saturated carbocycles. The zero-order chi connectivity index (χ0) is 15.2. The molecule has 1 amide bonds. The van der Waals surface area contributed by atoms with E-state index in [1.54, 1.807) is 38.1 Å². The number of hydrogen-bond acceptors (Lipinski definition) is 3. The van der Waals surface area contributed by atoms with E-state index in [9.17, 15) is 9.59 Å². The Morgan fingerprint density at radius 3 is 2.70 bits per heavy atom. The number of anilines is 1. The lowest BCUT2D eigenvalue weighted by Crippen LogP contribution is -2.40. The number of hydrogen-bond donors (Lipinski definition) is 3. The van der Waals surface area contributed by atoms with Gasteiger partial charge in [0.15, 0.2) is 0 Å². The van der Waals surface area contributed by atoms with Crippen molar-refractivity contribution in [1.29, 1.82) is 0 Å². The van der Waals surface area contributed by atoms with Crippen LogP contribution in [0.2, 0.25) is 0 Å². The number of nitrogen functional groups attached to an aromatic ring is 1. The summed E-state index contributed by atoms with van der Waals surface area (Å²) >= 11 is 0. The van der Waals surface area contributed by atoms with Crippen molar-refractivity contribution in [3.8, 4) is 0 Å². The van der Waals surface area contributed by atoms with Gasteiger partial charge in [-0.1, -0.05) is 19.1 Å². The molecule has 20 heavy (non-hydrogen) atoms. The van der Waals surface area contributed by atoms with Gasteiger partial charge in [0.05, 0.1) is 5.41 Å². The third-order valence-electron chi connectivity index (χ3n) is 3.29. The molecular weight excluding hydrogens is 256 g/mol. The molecule has 1 rings (SSSR count). The zero-order valence-electron chi connectivity index (χ0n) is 11.7. The highest BCUT2D eigenvalue weighted by Crippen LogP contribution is 2.19. The highest BCUT2D eigenvalue weighted by atomic mass is 16.4. The maximum Gasteiger partial charge on any atom is 0.311 e. The molecule has 1 aromatic carbocycles. The smallest absolute Gasteiger partial charge is 0.311 e. The number of benzene rings is 1. The third-order valence-corrected chi connectivity index (χ3v) is 3.29. The van der Waals surface area contributed by atoms with Crippen LogP contribution >= 0.6 is 0 Å². The monoisotopic (exact) mass is 276 g/mol. The van der Waals surface area contributed by atoms with Crippen LogP contribution < -0.4 is 11.1 Å². The summed E-state index contributed by atoms with van der Waals surface area (Å²) in [5.74, 6) is -1.24. The van der Waals surface area contributed by atoms with Crippen molar-refractivity contribution < 1.29 is 14.7 Å². The number of carbonyl (C=O) groups is 2. The van der Waals surface area contributed by atoms with Crippen LogP contribution in [0.4, 0.5) is 5.69 Å². The quantitative estimate of drug-likeness (QED) is 0.546. The van der Waals surface area contributed by atoms with Crippen LogP contribution in [0.5, 0.6) is 0 Å². The van der Waals surface area contributed by atoms with Gasteiger partial charge in [-0.05, 0) is 37.1 Å². The van der Waals surface area contributed by atoms with Crippen molar-refractivity contribution in [2.75, 3.05) is 12.3 Å². The SMILES string of the molecule is CCC(C)(CNC(=O)/C=C/c1cccc(N)c1)C(=O)O. The van der Waals surface area contributed by atoms with Gasteiger partial charge in [-0.15, -0.1) is 0 Å². The Labute approximate surface area is 118 Å². The third kappa shape index (κ3) is 4.42. The molecule has 1 atom stereocenters. The topological polar surface area (TPSA) is 92.4 Å². The maximum atomic E-state index is 11.7. The van der Waals surface area contributed by atoms with Crippen LogP contribution in [0.3, 0.4) is 0 Å². The Kier molecular flexibility index (Phi) is 5.32. The number of rotatable bonds is 6. The summed E-state index contributed by atoms with van der Waals surface area (Å²) in [6.07, 6.45) is 3.45. The van der Waals surface area contributed by atoms with Crippen molar-refractivity contribution in [3.63, 3.8) is 0 Å². The van der Waals surface area contributed by atoms with E-state index >= 15 is 0 Å². The number of aliphatic carboxylic acids is 1. The summed E-state index contributed by atoms with van der Waals surface area (Å²) in [5.41, 5.74) is 6.13. The molecule has 0 heterocycles. The van der Waals surface area contributed by atoms with Crippen LogP contribution in [0, 0.1) is 5.41 Å². The van der Waals surface area contributed by atoms with E-state index in [4.69, 9.17) is 10.8 Å². The number of carbonyl (C=O) groups excluding carboxylic acids is 1. The first-order valence-corrected chi connectivity index (χ1v) is 6.42. The van der Waals surface area contributed by atoms with Gasteiger partial charge in [0.2, 0.25) is 5.91 Å². The number of carboxylic acids is 1. The standard InChI is InChI=1S/C15H20N2O3/c1-3-15(2,14(19)20)10-17-13(18)8-7-11-5-4-6-12(16)9-11/h4-9H,3,10,16H2,1-2H3,(H,17,18)(H,19,20)/b8-7+. The minimum Gasteiger partial charge on any atom is -0.481 e. The van der Waals surface area contributed by atoms with Gasteiger partial charge >= 0.3 is 5.97 Å². The van der Waals surface area contributed by atoms with Gasteiger partial charge < -0.3 is 16.2 Å². The number of carboxylic acid groups (broad SMARTS) is 1. The van der Waals surface area contributed by atoms with Crippen LogP contribution in [0.15, 0.2) is 30.3 Å². The van der Waals surface area contributed by atoms with Gasteiger partial charge in [0.25, 0.3) is 0 Å². The van der Waals surface area contributed by atoms with E-state index in [1.165, 1.54) is 6.08 Å². The summed E-state index contributed by atoms with van der Waals surface area (Å²) in [6, 6.07) is 7.13. The van der Waals surface area contributed by atoms with Gasteiger partial charge in [-0.3, -0.25) is 9.59 Å². The van der Waals surface area contributed by atoms with E-state index < -0.39 is 11.4 Å². The molecule has 0 spiro atoms. The van der Waals surface area contributed by atoms with Gasteiger partial charge in [0.1, 0.15) is 0 Å². The molecule has 4 N–H and O–H groups in total. The summed E-state index contributed by atoms with van der Waals surface area (Å²) in [6.45, 7) is 3.49. The highest BCUT2D eigenvalue weighted by molar-refractivity contribution is 5.92. The lowest BCUT2D eigenvalue weighted by Gasteiger charge is -2.22. The van der Waals surface area contributed by atoms with Crippen molar-refractivity contribution in [3.05, 3.63) is 35.9 Å². The summed E-state index contributed by atoms with van der Waals surface area (Å²) < 4.78 is 0. The van der Waals surface area contributed by atoms with Crippen molar-refractivity contribution >= 4 is 23.6 Å². The second-order valence-corrected chi connectivity index (χ2v) is 4.94. The maximum absolute atomic E-state index is 11.7. The largest absolute Gasteiger partial charge is 0.481 e. The zero-order valence-corrected chi connectivity index (χ0v) is 11.7. The molecule has 0 aliphatic rings. The Balaban J connectivity index is 2.58. The molecule has 0 aromatic heterocycles. The summed E-state index contributed by atoms with van der Waals surface area (Å²) in [7, 11) is 0. The first-order valence-electron chi connectivity index (χ1n) is 6.42. The Morgan fingerprint density at radius 1 is 1.45 bits per heavy atom. The first-order chi connectivity index (χ1) is 9.37. The van der Waals surface area contributed by atoms with Gasteiger partial charge in [-0.2, -0.15) is 0 Å². The molecule has 108 valence electrons. The number of amides is 1. The molecular formula is C15H20N2O3. The molecule has 0 saturated heterocycles. The molecule has 5 heteroatoms. The molecule has 0 bridgehead atoms. The van der Waals surface area contributed by atoms with Gasteiger partial charge in [-0.25, -0.2) is 0 Å².